The predicted octanol–water partition coefficient (Wildman–Crippen LogP) is 4.55. The molecule has 2 aromatic carbocycles. The van der Waals surface area contributed by atoms with Crippen molar-refractivity contribution in [1.29, 1.82) is 0 Å². The first-order chi connectivity index (χ1) is 13.5. The summed E-state index contributed by atoms with van der Waals surface area (Å²) in [5.74, 6) is 0.348. The predicted molar refractivity (Wildman–Crippen MR) is 111 cm³/mol. The summed E-state index contributed by atoms with van der Waals surface area (Å²) in [4.78, 5) is 15.1. The minimum atomic E-state index is -0.348. The Morgan fingerprint density at radius 2 is 1.89 bits per heavy atom. The van der Waals surface area contributed by atoms with Gasteiger partial charge in [0, 0.05) is 17.6 Å². The fourth-order valence-electron chi connectivity index (χ4n) is 3.43. The molecule has 0 bridgehead atoms. The van der Waals surface area contributed by atoms with Crippen LogP contribution in [0.1, 0.15) is 34.3 Å². The lowest BCUT2D eigenvalue weighted by Gasteiger charge is -2.20. The van der Waals surface area contributed by atoms with Crippen LogP contribution in [0, 0.1) is 0 Å². The average molecular weight is 402 g/mol. The van der Waals surface area contributed by atoms with E-state index in [4.69, 9.17) is 21.1 Å². The summed E-state index contributed by atoms with van der Waals surface area (Å²) >= 11 is 5.99. The topological polar surface area (TPSA) is 59.0 Å². The SMILES string of the molecule is COc1cc(OC)c(C(=O)/C=C/c2cccc(Cl)c2)c(O)c1CN1CCCC1. The molecule has 1 N–H and O–H groups in total. The number of hydrogen-bond acceptors (Lipinski definition) is 5. The number of ketones is 1. The van der Waals surface area contributed by atoms with Gasteiger partial charge in [-0.1, -0.05) is 29.8 Å². The van der Waals surface area contributed by atoms with Gasteiger partial charge in [0.1, 0.15) is 22.8 Å². The molecule has 6 heteroatoms. The molecule has 1 fully saturated rings. The standard InChI is InChI=1S/C22H24ClNO4/c1-27-19-13-20(28-2)21(22(26)17(19)14-24-10-3-4-11-24)18(25)9-8-15-6-5-7-16(23)12-15/h5-9,12-13,26H,3-4,10-11,14H2,1-2H3/b9-8+. The lowest BCUT2D eigenvalue weighted by molar-refractivity contribution is 0.104. The Bertz CT molecular complexity index is 888. The number of phenols is 1. The van der Waals surface area contributed by atoms with Crippen LogP contribution in [0.15, 0.2) is 36.4 Å². The Kier molecular flexibility index (Phi) is 6.60. The number of rotatable bonds is 7. The average Bonchev–Trinajstić information content (AvgIpc) is 3.20. The quantitative estimate of drug-likeness (QED) is 0.544. The van der Waals surface area contributed by atoms with Crippen molar-refractivity contribution < 1.29 is 19.4 Å². The number of carbonyl (C=O) groups is 1. The van der Waals surface area contributed by atoms with Gasteiger partial charge in [-0.15, -0.1) is 0 Å². The molecule has 3 rings (SSSR count). The summed E-state index contributed by atoms with van der Waals surface area (Å²) in [5, 5.41) is 11.5. The second-order valence-corrected chi connectivity index (χ2v) is 7.16. The molecule has 0 aromatic heterocycles. The molecule has 1 aliphatic rings. The zero-order chi connectivity index (χ0) is 20.1. The van der Waals surface area contributed by atoms with Crippen molar-refractivity contribution in [3.63, 3.8) is 0 Å². The zero-order valence-electron chi connectivity index (χ0n) is 16.1. The smallest absolute Gasteiger partial charge is 0.193 e. The number of likely N-dealkylation sites (tertiary alicyclic amines) is 1. The number of phenolic OH excluding ortho intramolecular Hbond substituents is 1. The zero-order valence-corrected chi connectivity index (χ0v) is 16.8. The third-order valence-corrected chi connectivity index (χ3v) is 5.11. The maximum Gasteiger partial charge on any atom is 0.193 e. The lowest BCUT2D eigenvalue weighted by atomic mass is 10.0. The van der Waals surface area contributed by atoms with Crippen LogP contribution in [-0.4, -0.2) is 43.1 Å². The molecule has 0 atom stereocenters. The van der Waals surface area contributed by atoms with E-state index < -0.39 is 0 Å². The number of ether oxygens (including phenoxy) is 2. The van der Waals surface area contributed by atoms with Crippen molar-refractivity contribution in [2.75, 3.05) is 27.3 Å². The van der Waals surface area contributed by atoms with Crippen LogP contribution in [0.4, 0.5) is 0 Å². The first-order valence-corrected chi connectivity index (χ1v) is 9.58. The van der Waals surface area contributed by atoms with E-state index >= 15 is 0 Å². The second kappa shape index (κ2) is 9.13. The van der Waals surface area contributed by atoms with Crippen molar-refractivity contribution in [3.05, 3.63) is 58.1 Å². The molecule has 1 aliphatic heterocycles. The fourth-order valence-corrected chi connectivity index (χ4v) is 3.63. The normalized spacial score (nSPS) is 14.5. The highest BCUT2D eigenvalue weighted by atomic mass is 35.5. The molecular weight excluding hydrogens is 378 g/mol. The van der Waals surface area contributed by atoms with Crippen LogP contribution >= 0.6 is 11.6 Å². The van der Waals surface area contributed by atoms with Crippen molar-refractivity contribution in [3.8, 4) is 17.2 Å². The molecule has 0 aliphatic carbocycles. The van der Waals surface area contributed by atoms with Gasteiger partial charge in [-0.2, -0.15) is 0 Å². The van der Waals surface area contributed by atoms with Crippen LogP contribution < -0.4 is 9.47 Å². The van der Waals surface area contributed by atoms with Crippen molar-refractivity contribution in [2.45, 2.75) is 19.4 Å². The highest BCUT2D eigenvalue weighted by Crippen LogP contribution is 2.40. The van der Waals surface area contributed by atoms with E-state index in [9.17, 15) is 9.90 Å². The van der Waals surface area contributed by atoms with Crippen molar-refractivity contribution >= 4 is 23.5 Å². The molecule has 2 aromatic rings. The second-order valence-electron chi connectivity index (χ2n) is 6.72. The van der Waals surface area contributed by atoms with Crippen molar-refractivity contribution in [2.24, 2.45) is 0 Å². The van der Waals surface area contributed by atoms with Gasteiger partial charge in [0.25, 0.3) is 0 Å². The van der Waals surface area contributed by atoms with E-state index in [2.05, 4.69) is 4.90 Å². The summed E-state index contributed by atoms with van der Waals surface area (Å²) in [6.07, 6.45) is 5.34. The summed E-state index contributed by atoms with van der Waals surface area (Å²) in [5.41, 5.74) is 1.53. The maximum atomic E-state index is 12.9. The Morgan fingerprint density at radius 1 is 1.18 bits per heavy atom. The van der Waals surface area contributed by atoms with E-state index in [1.54, 1.807) is 31.4 Å². The van der Waals surface area contributed by atoms with E-state index in [-0.39, 0.29) is 22.8 Å². The summed E-state index contributed by atoms with van der Waals surface area (Å²) < 4.78 is 10.8. The van der Waals surface area contributed by atoms with Gasteiger partial charge in [0.2, 0.25) is 0 Å². The molecule has 0 spiro atoms. The first kappa shape index (κ1) is 20.2. The van der Waals surface area contributed by atoms with Gasteiger partial charge >= 0.3 is 0 Å². The third kappa shape index (κ3) is 4.49. The molecule has 1 heterocycles. The van der Waals surface area contributed by atoms with Gasteiger partial charge in [0.15, 0.2) is 5.78 Å². The minimum absolute atomic E-state index is 0.0937. The van der Waals surface area contributed by atoms with E-state index in [0.29, 0.717) is 22.9 Å². The van der Waals surface area contributed by atoms with Gasteiger partial charge < -0.3 is 14.6 Å². The summed E-state index contributed by atoms with van der Waals surface area (Å²) in [7, 11) is 3.01. The Balaban J connectivity index is 1.96. The number of aromatic hydroxyl groups is 1. The number of nitrogens with zero attached hydrogens (tertiary/aromatic N) is 1. The van der Waals surface area contributed by atoms with E-state index in [0.717, 1.165) is 31.5 Å². The Hall–Kier alpha value is -2.50. The molecule has 0 unspecified atom stereocenters. The Morgan fingerprint density at radius 3 is 2.54 bits per heavy atom. The molecule has 0 radical (unpaired) electrons. The van der Waals surface area contributed by atoms with Gasteiger partial charge in [-0.05, 0) is 49.7 Å². The van der Waals surface area contributed by atoms with Crippen LogP contribution in [0.5, 0.6) is 17.2 Å². The van der Waals surface area contributed by atoms with E-state index in [1.165, 1.54) is 13.2 Å². The highest BCUT2D eigenvalue weighted by molar-refractivity contribution is 6.30. The van der Waals surface area contributed by atoms with Crippen molar-refractivity contribution in [1.82, 2.24) is 4.90 Å². The van der Waals surface area contributed by atoms with Crippen LogP contribution in [0.25, 0.3) is 6.08 Å². The number of methoxy groups -OCH3 is 2. The molecule has 148 valence electrons. The van der Waals surface area contributed by atoms with Gasteiger partial charge in [-0.3, -0.25) is 9.69 Å². The molecular formula is C22H24ClNO4. The number of allylic oxidation sites excluding steroid dienone is 1. The monoisotopic (exact) mass is 401 g/mol. The van der Waals surface area contributed by atoms with Crippen LogP contribution in [-0.2, 0) is 6.54 Å². The van der Waals surface area contributed by atoms with Crippen LogP contribution in [0.2, 0.25) is 5.02 Å². The number of halogens is 1. The molecule has 0 saturated carbocycles. The highest BCUT2D eigenvalue weighted by Gasteiger charge is 2.25. The molecule has 1 saturated heterocycles. The Labute approximate surface area is 170 Å². The van der Waals surface area contributed by atoms with E-state index in [1.807, 2.05) is 12.1 Å². The molecule has 0 amide bonds. The largest absolute Gasteiger partial charge is 0.507 e. The third-order valence-electron chi connectivity index (χ3n) is 4.87. The number of hydrogen-bond donors (Lipinski definition) is 1. The lowest BCUT2D eigenvalue weighted by Crippen LogP contribution is -2.19. The molecule has 5 nitrogen and oxygen atoms in total. The molecule has 28 heavy (non-hydrogen) atoms. The van der Waals surface area contributed by atoms with Gasteiger partial charge in [-0.25, -0.2) is 0 Å². The summed E-state index contributed by atoms with van der Waals surface area (Å²) in [6, 6.07) is 8.84. The number of benzene rings is 2. The fraction of sp³-hybridized carbons (Fsp3) is 0.318. The maximum absolute atomic E-state index is 12.9. The minimum Gasteiger partial charge on any atom is -0.507 e. The van der Waals surface area contributed by atoms with Gasteiger partial charge in [0.05, 0.1) is 19.8 Å². The van der Waals surface area contributed by atoms with Crippen LogP contribution in [0.3, 0.4) is 0 Å². The summed E-state index contributed by atoms with van der Waals surface area (Å²) in [6.45, 7) is 2.45. The number of carbonyl (C=O) groups excluding carboxylic acids is 1. The first-order valence-electron chi connectivity index (χ1n) is 9.20.